The van der Waals surface area contributed by atoms with Crippen LogP contribution in [-0.4, -0.2) is 24.1 Å². The second-order valence-electron chi connectivity index (χ2n) is 5.56. The van der Waals surface area contributed by atoms with Gasteiger partial charge in [0.15, 0.2) is 0 Å². The van der Waals surface area contributed by atoms with Crippen molar-refractivity contribution in [3.8, 4) is 5.75 Å². The van der Waals surface area contributed by atoms with E-state index in [0.717, 1.165) is 11.3 Å². The Labute approximate surface area is 115 Å². The molecule has 0 aliphatic carbocycles. The summed E-state index contributed by atoms with van der Waals surface area (Å²) in [5.74, 6) is 0.709. The molecule has 0 unspecified atom stereocenters. The highest BCUT2D eigenvalue weighted by Gasteiger charge is 2.14. The van der Waals surface area contributed by atoms with Crippen LogP contribution >= 0.6 is 0 Å². The standard InChI is InChI=1S/C15H24N2O2/c1-5-17-14(18)13(16)10-11-6-8-12(9-7-11)19-15(2,3)4/h6-9,13H,5,10,16H2,1-4H3,(H,17,18)/t13-/m0/s1. The molecular formula is C15H24N2O2. The quantitative estimate of drug-likeness (QED) is 0.853. The fourth-order valence-electron chi connectivity index (χ4n) is 1.70. The van der Waals surface area contributed by atoms with Crippen LogP contribution in [0, 0.1) is 0 Å². The zero-order chi connectivity index (χ0) is 14.5. The number of amides is 1. The zero-order valence-electron chi connectivity index (χ0n) is 12.2. The Morgan fingerprint density at radius 3 is 2.37 bits per heavy atom. The van der Waals surface area contributed by atoms with Gasteiger partial charge < -0.3 is 15.8 Å². The molecular weight excluding hydrogens is 240 g/mol. The molecule has 0 bridgehead atoms. The van der Waals surface area contributed by atoms with Crippen LogP contribution in [0.15, 0.2) is 24.3 Å². The number of carbonyl (C=O) groups is 1. The summed E-state index contributed by atoms with van der Waals surface area (Å²) >= 11 is 0. The Bertz CT molecular complexity index is 407. The lowest BCUT2D eigenvalue weighted by atomic mass is 10.1. The smallest absolute Gasteiger partial charge is 0.237 e. The van der Waals surface area contributed by atoms with Gasteiger partial charge in [-0.3, -0.25) is 4.79 Å². The molecule has 3 N–H and O–H groups in total. The third kappa shape index (κ3) is 5.75. The zero-order valence-corrected chi connectivity index (χ0v) is 12.2. The van der Waals surface area contributed by atoms with Crippen molar-refractivity contribution < 1.29 is 9.53 Å². The Hall–Kier alpha value is -1.55. The average Bonchev–Trinajstić information content (AvgIpc) is 2.30. The van der Waals surface area contributed by atoms with Gasteiger partial charge in [-0.1, -0.05) is 12.1 Å². The van der Waals surface area contributed by atoms with E-state index in [1.54, 1.807) is 0 Å². The molecule has 1 atom stereocenters. The van der Waals surface area contributed by atoms with Gasteiger partial charge in [0.05, 0.1) is 6.04 Å². The lowest BCUT2D eigenvalue weighted by Crippen LogP contribution is -2.41. The van der Waals surface area contributed by atoms with Crippen molar-refractivity contribution in [2.75, 3.05) is 6.54 Å². The van der Waals surface area contributed by atoms with Gasteiger partial charge >= 0.3 is 0 Å². The van der Waals surface area contributed by atoms with Crippen molar-refractivity contribution in [2.45, 2.75) is 45.8 Å². The van der Waals surface area contributed by atoms with E-state index in [1.165, 1.54) is 0 Å². The number of carbonyl (C=O) groups excluding carboxylic acids is 1. The van der Waals surface area contributed by atoms with E-state index >= 15 is 0 Å². The maximum absolute atomic E-state index is 11.5. The van der Waals surface area contributed by atoms with Gasteiger partial charge in [-0.25, -0.2) is 0 Å². The minimum Gasteiger partial charge on any atom is -0.488 e. The largest absolute Gasteiger partial charge is 0.488 e. The van der Waals surface area contributed by atoms with Crippen molar-refractivity contribution in [2.24, 2.45) is 5.73 Å². The number of nitrogens with one attached hydrogen (secondary N) is 1. The molecule has 0 saturated heterocycles. The number of hydrogen-bond acceptors (Lipinski definition) is 3. The minimum atomic E-state index is -0.505. The maximum Gasteiger partial charge on any atom is 0.237 e. The van der Waals surface area contributed by atoms with Crippen LogP contribution in [0.2, 0.25) is 0 Å². The number of rotatable bonds is 5. The van der Waals surface area contributed by atoms with Gasteiger partial charge in [0.1, 0.15) is 11.4 Å². The summed E-state index contributed by atoms with van der Waals surface area (Å²) in [5, 5.41) is 2.72. The molecule has 1 amide bonds. The molecule has 0 radical (unpaired) electrons. The maximum atomic E-state index is 11.5. The molecule has 4 nitrogen and oxygen atoms in total. The van der Waals surface area contributed by atoms with Crippen molar-refractivity contribution in [3.05, 3.63) is 29.8 Å². The highest BCUT2D eigenvalue weighted by atomic mass is 16.5. The summed E-state index contributed by atoms with van der Waals surface area (Å²) in [5.41, 5.74) is 6.65. The summed E-state index contributed by atoms with van der Waals surface area (Å²) in [6.45, 7) is 8.50. The number of benzene rings is 1. The van der Waals surface area contributed by atoms with Crippen LogP contribution in [0.25, 0.3) is 0 Å². The molecule has 0 aliphatic heterocycles. The predicted molar refractivity (Wildman–Crippen MR) is 77.2 cm³/mol. The van der Waals surface area contributed by atoms with E-state index in [4.69, 9.17) is 10.5 Å². The number of hydrogen-bond donors (Lipinski definition) is 2. The fraction of sp³-hybridized carbons (Fsp3) is 0.533. The van der Waals surface area contributed by atoms with Crippen molar-refractivity contribution in [3.63, 3.8) is 0 Å². The monoisotopic (exact) mass is 264 g/mol. The van der Waals surface area contributed by atoms with Gasteiger partial charge in [0.25, 0.3) is 0 Å². The number of ether oxygens (including phenoxy) is 1. The normalized spacial score (nSPS) is 12.9. The molecule has 1 rings (SSSR count). The van der Waals surface area contributed by atoms with Gasteiger partial charge in [-0.2, -0.15) is 0 Å². The van der Waals surface area contributed by atoms with Crippen LogP contribution in [0.5, 0.6) is 5.75 Å². The van der Waals surface area contributed by atoms with E-state index in [9.17, 15) is 4.79 Å². The lowest BCUT2D eigenvalue weighted by Gasteiger charge is -2.21. The van der Waals surface area contributed by atoms with Crippen molar-refractivity contribution in [1.29, 1.82) is 0 Å². The summed E-state index contributed by atoms with van der Waals surface area (Å²) in [6, 6.07) is 7.20. The SMILES string of the molecule is CCNC(=O)[C@@H](N)Cc1ccc(OC(C)(C)C)cc1. The summed E-state index contributed by atoms with van der Waals surface area (Å²) < 4.78 is 5.74. The molecule has 0 aliphatic rings. The van der Waals surface area contributed by atoms with Gasteiger partial charge in [-0.05, 0) is 51.8 Å². The molecule has 1 aromatic carbocycles. The van der Waals surface area contributed by atoms with E-state index in [1.807, 2.05) is 52.0 Å². The summed E-state index contributed by atoms with van der Waals surface area (Å²) in [7, 11) is 0. The van der Waals surface area contributed by atoms with Crippen molar-refractivity contribution in [1.82, 2.24) is 5.32 Å². The molecule has 106 valence electrons. The summed E-state index contributed by atoms with van der Waals surface area (Å²) in [4.78, 5) is 11.5. The first-order valence-electron chi connectivity index (χ1n) is 6.63. The van der Waals surface area contributed by atoms with Crippen LogP contribution in [0.3, 0.4) is 0 Å². The molecule has 1 aromatic rings. The average molecular weight is 264 g/mol. The first kappa shape index (κ1) is 15.5. The minimum absolute atomic E-state index is 0.113. The second kappa shape index (κ2) is 6.57. The third-order valence-electron chi connectivity index (χ3n) is 2.49. The van der Waals surface area contributed by atoms with E-state index in [2.05, 4.69) is 5.32 Å². The summed E-state index contributed by atoms with van der Waals surface area (Å²) in [6.07, 6.45) is 0.529. The van der Waals surface area contributed by atoms with Crippen LogP contribution < -0.4 is 15.8 Å². The van der Waals surface area contributed by atoms with E-state index in [-0.39, 0.29) is 11.5 Å². The van der Waals surface area contributed by atoms with Crippen LogP contribution in [0.1, 0.15) is 33.3 Å². The molecule has 0 spiro atoms. The molecule has 4 heteroatoms. The highest BCUT2D eigenvalue weighted by Crippen LogP contribution is 2.18. The fourth-order valence-corrected chi connectivity index (χ4v) is 1.70. The number of nitrogens with two attached hydrogens (primary N) is 1. The highest BCUT2D eigenvalue weighted by molar-refractivity contribution is 5.81. The van der Waals surface area contributed by atoms with E-state index < -0.39 is 6.04 Å². The lowest BCUT2D eigenvalue weighted by molar-refractivity contribution is -0.122. The topological polar surface area (TPSA) is 64.4 Å². The predicted octanol–water partition coefficient (Wildman–Crippen LogP) is 1.87. The van der Waals surface area contributed by atoms with Gasteiger partial charge in [0.2, 0.25) is 5.91 Å². The third-order valence-corrected chi connectivity index (χ3v) is 2.49. The second-order valence-corrected chi connectivity index (χ2v) is 5.56. The van der Waals surface area contributed by atoms with E-state index in [0.29, 0.717) is 13.0 Å². The Kier molecular flexibility index (Phi) is 5.36. The molecule has 0 aromatic heterocycles. The Morgan fingerprint density at radius 1 is 1.32 bits per heavy atom. The first-order chi connectivity index (χ1) is 8.81. The first-order valence-corrected chi connectivity index (χ1v) is 6.63. The molecule has 0 fully saturated rings. The Morgan fingerprint density at radius 2 is 1.89 bits per heavy atom. The molecule has 19 heavy (non-hydrogen) atoms. The van der Waals surface area contributed by atoms with Gasteiger partial charge in [-0.15, -0.1) is 0 Å². The number of likely N-dealkylation sites (N-methyl/N-ethyl adjacent to an activating group) is 1. The Balaban J connectivity index is 2.59. The van der Waals surface area contributed by atoms with Crippen LogP contribution in [0.4, 0.5) is 0 Å². The van der Waals surface area contributed by atoms with Crippen molar-refractivity contribution >= 4 is 5.91 Å². The molecule has 0 saturated carbocycles. The van der Waals surface area contributed by atoms with Gasteiger partial charge in [0, 0.05) is 6.54 Å². The van der Waals surface area contributed by atoms with Crippen LogP contribution in [-0.2, 0) is 11.2 Å². The molecule has 0 heterocycles.